The number of hydrogen-bond acceptors (Lipinski definition) is 13. The third-order valence-corrected chi connectivity index (χ3v) is 15.2. The van der Waals surface area contributed by atoms with E-state index in [1.54, 1.807) is 0 Å². The number of nitrogens with zero attached hydrogens (tertiary/aromatic N) is 4. The zero-order chi connectivity index (χ0) is 52.8. The largest absolute Gasteiger partial charge is 0.355 e. The number of hydrogen-bond donors (Lipinski definition) is 7. The van der Waals surface area contributed by atoms with Crippen molar-refractivity contribution in [2.75, 3.05) is 131 Å². The highest BCUT2D eigenvalue weighted by molar-refractivity contribution is 6.01. The highest BCUT2D eigenvalue weighted by atomic mass is 16.2. The Hall–Kier alpha value is -4.68. The van der Waals surface area contributed by atoms with E-state index in [1.165, 1.54) is 62.7 Å². The second-order valence-electron chi connectivity index (χ2n) is 21.7. The van der Waals surface area contributed by atoms with Gasteiger partial charge < -0.3 is 37.2 Å². The maximum Gasteiger partial charge on any atom is 0.234 e. The van der Waals surface area contributed by atoms with E-state index in [-0.39, 0.29) is 49.6 Å². The van der Waals surface area contributed by atoms with Gasteiger partial charge in [-0.15, -0.1) is 0 Å². The number of Topliss-reactive ketones (excluding diaryl/α,β-unsaturated/α-hetero) is 2. The van der Waals surface area contributed by atoms with Gasteiger partial charge in [-0.05, 0) is 134 Å². The molecule has 4 saturated heterocycles. The van der Waals surface area contributed by atoms with Crippen LogP contribution in [0.2, 0.25) is 0 Å². The standard InChI is InChI=1S/C35H45N5O4.C26H48N6/c41-30-12-3-1-2-4-15-37-34(43)24-39(22-30)20-28-10-5-8-26-18-27-9-6-11-29(33(27)19-32(26)28)21-40-23-31(42)13-7-14-36-16-17-38-35(44)25-40;1-3-11-27-13-15-29-17-21-31(19-5-1)23-25-7-9-26(10-8-25)24-32-20-6-2-4-12-28-14-16-30-18-22-32/h5-6,8-11,18-19,36H,1-4,7,12-17,20-25H2,(H,37,43)(H,38,44);7-10,27-30H,1-6,11-24H2. The first-order valence-corrected chi connectivity index (χ1v) is 29.4. The SMILES string of the molecule is O=C1CCCCCCNC(=O)CN(Cc2cccc3cc4cccc(CN5CC(=O)CCCNCCNC(=O)C5)c4cc23)C1.c1cc(CN2CCCCCNCCNCC2)ccc1CN1CCCCCNCCNCC1. The fourth-order valence-corrected chi connectivity index (χ4v) is 11.0. The number of amides is 2. The average molecular weight is 1040 g/mol. The zero-order valence-corrected chi connectivity index (χ0v) is 46.0. The molecule has 15 heteroatoms. The van der Waals surface area contributed by atoms with E-state index >= 15 is 0 Å². The Morgan fingerprint density at radius 1 is 0.342 bits per heavy atom. The van der Waals surface area contributed by atoms with Gasteiger partial charge in [0.25, 0.3) is 0 Å². The number of carbonyl (C=O) groups excluding carboxylic acids is 4. The summed E-state index contributed by atoms with van der Waals surface area (Å²) in [6, 6.07) is 26.2. The van der Waals surface area contributed by atoms with Gasteiger partial charge in [0.15, 0.2) is 0 Å². The van der Waals surface area contributed by atoms with Crippen molar-refractivity contribution in [3.8, 4) is 0 Å². The molecule has 8 rings (SSSR count). The molecule has 0 aromatic heterocycles. The number of fused-ring (bicyclic) bond motifs is 2. The number of carbonyl (C=O) groups is 4. The molecule has 0 aliphatic carbocycles. The lowest BCUT2D eigenvalue weighted by Crippen LogP contribution is -2.42. The summed E-state index contributed by atoms with van der Waals surface area (Å²) in [4.78, 5) is 60.2. The summed E-state index contributed by atoms with van der Waals surface area (Å²) in [6.07, 6.45) is 13.6. The number of ketones is 2. The van der Waals surface area contributed by atoms with Crippen LogP contribution in [0.1, 0.15) is 106 Å². The molecule has 76 heavy (non-hydrogen) atoms. The summed E-state index contributed by atoms with van der Waals surface area (Å²) in [6.45, 7) is 20.1. The van der Waals surface area contributed by atoms with Crippen molar-refractivity contribution in [1.82, 2.24) is 56.8 Å². The lowest BCUT2D eigenvalue weighted by molar-refractivity contribution is -0.126. The molecule has 4 aliphatic heterocycles. The van der Waals surface area contributed by atoms with Crippen molar-refractivity contribution in [2.24, 2.45) is 0 Å². The van der Waals surface area contributed by atoms with Gasteiger partial charge in [0, 0.05) is 111 Å². The molecule has 2 amide bonds. The smallest absolute Gasteiger partial charge is 0.234 e. The van der Waals surface area contributed by atoms with Crippen LogP contribution in [0.4, 0.5) is 0 Å². The molecule has 0 spiro atoms. The molecule has 0 saturated carbocycles. The van der Waals surface area contributed by atoms with Gasteiger partial charge in [0.05, 0.1) is 26.2 Å². The Morgan fingerprint density at radius 3 is 1.32 bits per heavy atom. The second kappa shape index (κ2) is 34.3. The monoisotopic (exact) mass is 1040 g/mol. The minimum atomic E-state index is -0.0854. The minimum absolute atomic E-state index is 0.0488. The zero-order valence-electron chi connectivity index (χ0n) is 46.0. The average Bonchev–Trinajstić information content (AvgIpc) is 3.41. The summed E-state index contributed by atoms with van der Waals surface area (Å²) in [7, 11) is 0. The van der Waals surface area contributed by atoms with Crippen molar-refractivity contribution >= 4 is 44.9 Å². The molecule has 4 fully saturated rings. The minimum Gasteiger partial charge on any atom is -0.355 e. The lowest BCUT2D eigenvalue weighted by atomic mass is 9.96. The molecule has 4 aliphatic rings. The van der Waals surface area contributed by atoms with Crippen LogP contribution in [0.3, 0.4) is 0 Å². The van der Waals surface area contributed by atoms with Gasteiger partial charge >= 0.3 is 0 Å². The van der Waals surface area contributed by atoms with Crippen molar-refractivity contribution in [2.45, 2.75) is 110 Å². The van der Waals surface area contributed by atoms with Gasteiger partial charge in [-0.3, -0.25) is 38.8 Å². The Morgan fingerprint density at radius 2 is 0.776 bits per heavy atom. The Balaban J connectivity index is 0.000000233. The summed E-state index contributed by atoms with van der Waals surface area (Å²) in [5.41, 5.74) is 5.01. The van der Waals surface area contributed by atoms with E-state index in [2.05, 4.69) is 108 Å². The first-order valence-electron chi connectivity index (χ1n) is 29.4. The molecule has 0 bridgehead atoms. The van der Waals surface area contributed by atoms with Crippen LogP contribution in [0.25, 0.3) is 21.5 Å². The van der Waals surface area contributed by atoms with Crippen LogP contribution in [0.15, 0.2) is 72.8 Å². The van der Waals surface area contributed by atoms with Crippen LogP contribution in [-0.2, 0) is 45.4 Å². The number of rotatable bonds is 8. The molecule has 0 radical (unpaired) electrons. The Bertz CT molecular complexity index is 2140. The van der Waals surface area contributed by atoms with Gasteiger partial charge in [0.2, 0.25) is 11.8 Å². The molecule has 4 aromatic rings. The third-order valence-electron chi connectivity index (χ3n) is 15.2. The van der Waals surface area contributed by atoms with Crippen LogP contribution in [0, 0.1) is 0 Å². The highest BCUT2D eigenvalue weighted by Gasteiger charge is 2.20. The van der Waals surface area contributed by atoms with E-state index in [0.717, 1.165) is 150 Å². The van der Waals surface area contributed by atoms with Crippen molar-refractivity contribution in [3.63, 3.8) is 0 Å². The van der Waals surface area contributed by atoms with E-state index in [4.69, 9.17) is 0 Å². The van der Waals surface area contributed by atoms with E-state index in [9.17, 15) is 19.2 Å². The first-order chi connectivity index (χ1) is 37.3. The van der Waals surface area contributed by atoms with E-state index < -0.39 is 0 Å². The summed E-state index contributed by atoms with van der Waals surface area (Å²) in [5, 5.41) is 27.7. The van der Waals surface area contributed by atoms with Crippen LogP contribution in [-0.4, -0.2) is 174 Å². The molecule has 4 heterocycles. The van der Waals surface area contributed by atoms with Gasteiger partial charge in [-0.25, -0.2) is 0 Å². The van der Waals surface area contributed by atoms with Gasteiger partial charge in [-0.1, -0.05) is 86.3 Å². The first kappa shape index (κ1) is 59.0. The molecule has 15 nitrogen and oxygen atoms in total. The predicted molar refractivity (Wildman–Crippen MR) is 309 cm³/mol. The molecule has 4 aromatic carbocycles. The van der Waals surface area contributed by atoms with Crippen molar-refractivity contribution in [3.05, 3.63) is 95.1 Å². The van der Waals surface area contributed by atoms with Gasteiger partial charge in [-0.2, -0.15) is 0 Å². The fraction of sp³-hybridized carbons (Fsp3) is 0.607. The highest BCUT2D eigenvalue weighted by Crippen LogP contribution is 2.29. The molecule has 0 unspecified atom stereocenters. The van der Waals surface area contributed by atoms with E-state index in [0.29, 0.717) is 45.6 Å². The lowest BCUT2D eigenvalue weighted by Gasteiger charge is -2.25. The molecule has 0 atom stereocenters. The predicted octanol–water partition coefficient (Wildman–Crippen LogP) is 5.33. The van der Waals surface area contributed by atoms with Crippen LogP contribution in [0.5, 0.6) is 0 Å². The van der Waals surface area contributed by atoms with E-state index in [1.807, 2.05) is 21.9 Å². The van der Waals surface area contributed by atoms with Gasteiger partial charge in [0.1, 0.15) is 11.6 Å². The molecule has 7 N–H and O–H groups in total. The Kier molecular flexibility index (Phi) is 26.6. The number of benzene rings is 4. The van der Waals surface area contributed by atoms with Crippen molar-refractivity contribution < 1.29 is 19.2 Å². The quantitative estimate of drug-likeness (QED) is 0.114. The summed E-state index contributed by atoms with van der Waals surface area (Å²) in [5.74, 6) is 0.176. The molecular weight excluding hydrogens is 951 g/mol. The maximum absolute atomic E-state index is 12.8. The van der Waals surface area contributed by atoms with Crippen LogP contribution >= 0.6 is 0 Å². The second-order valence-corrected chi connectivity index (χ2v) is 21.7. The van der Waals surface area contributed by atoms with Crippen LogP contribution < -0.4 is 37.2 Å². The summed E-state index contributed by atoms with van der Waals surface area (Å²) < 4.78 is 0. The summed E-state index contributed by atoms with van der Waals surface area (Å²) >= 11 is 0. The Labute approximate surface area is 454 Å². The fourth-order valence-electron chi connectivity index (χ4n) is 11.0. The maximum atomic E-state index is 12.8. The molecular formula is C61H93N11O4. The van der Waals surface area contributed by atoms with Crippen molar-refractivity contribution in [1.29, 1.82) is 0 Å². The third kappa shape index (κ3) is 22.0. The normalized spacial score (nSPS) is 21.1. The molecule has 416 valence electrons. The number of nitrogens with one attached hydrogen (secondary N) is 7. The topological polar surface area (TPSA) is 165 Å².